The molecule has 1 heterocycles. The zero-order valence-electron chi connectivity index (χ0n) is 16.2. The second-order valence-electron chi connectivity index (χ2n) is 6.46. The van der Waals surface area contributed by atoms with E-state index in [1.54, 1.807) is 6.07 Å². The zero-order valence-corrected chi connectivity index (χ0v) is 16.2. The number of oxazole rings is 1. The van der Waals surface area contributed by atoms with Crippen LogP contribution in [-0.2, 0) is 19.6 Å². The lowest BCUT2D eigenvalue weighted by Crippen LogP contribution is -2.36. The fraction of sp³-hybridized carbons (Fsp3) is 0.474. The van der Waals surface area contributed by atoms with E-state index < -0.39 is 0 Å². The summed E-state index contributed by atoms with van der Waals surface area (Å²) in [7, 11) is 3.84. The van der Waals surface area contributed by atoms with Crippen LogP contribution in [0.3, 0.4) is 0 Å². The molecule has 1 aromatic carbocycles. The van der Waals surface area contributed by atoms with E-state index in [4.69, 9.17) is 4.42 Å². The van der Waals surface area contributed by atoms with Gasteiger partial charge in [-0.05, 0) is 52.6 Å². The van der Waals surface area contributed by atoms with Gasteiger partial charge in [0, 0.05) is 18.7 Å². The quantitative estimate of drug-likeness (QED) is 0.586. The van der Waals surface area contributed by atoms with Gasteiger partial charge in [0.15, 0.2) is 5.96 Å². The molecule has 0 bridgehead atoms. The summed E-state index contributed by atoms with van der Waals surface area (Å²) >= 11 is 0. The van der Waals surface area contributed by atoms with Crippen LogP contribution in [0.2, 0.25) is 0 Å². The Hall–Kier alpha value is -2.41. The molecule has 0 aliphatic rings. The Kier molecular flexibility index (Phi) is 7.15. The minimum atomic E-state index is -0.189. The van der Waals surface area contributed by atoms with E-state index in [0.29, 0.717) is 37.0 Å². The molecule has 0 fully saturated rings. The van der Waals surface area contributed by atoms with E-state index >= 15 is 0 Å². The van der Waals surface area contributed by atoms with Gasteiger partial charge in [0.05, 0.1) is 18.8 Å². The predicted octanol–water partition coefficient (Wildman–Crippen LogP) is 2.75. The molecule has 7 heteroatoms. The summed E-state index contributed by atoms with van der Waals surface area (Å²) in [6, 6.07) is 5.13. The highest BCUT2D eigenvalue weighted by atomic mass is 19.1. The highest BCUT2D eigenvalue weighted by Gasteiger charge is 2.07. The molecule has 0 unspecified atom stereocenters. The third-order valence-corrected chi connectivity index (χ3v) is 3.84. The maximum atomic E-state index is 13.9. The van der Waals surface area contributed by atoms with Crippen LogP contribution in [0.15, 0.2) is 27.6 Å². The van der Waals surface area contributed by atoms with Crippen molar-refractivity contribution in [3.63, 3.8) is 0 Å². The molecule has 6 nitrogen and oxygen atoms in total. The van der Waals surface area contributed by atoms with Crippen LogP contribution < -0.4 is 10.6 Å². The minimum absolute atomic E-state index is 0.189. The van der Waals surface area contributed by atoms with Crippen LogP contribution >= 0.6 is 0 Å². The standard InChI is InChI=1S/C19H28FN5O/c1-6-21-19(23-11-18-24-13(2)14(3)26-18)22-10-15-7-8-17(20)16(9-15)12-25(4)5/h7-9H,6,10-12H2,1-5H3,(H2,21,22,23). The monoisotopic (exact) mass is 361 g/mol. The normalized spacial score (nSPS) is 11.9. The first-order valence-corrected chi connectivity index (χ1v) is 8.76. The van der Waals surface area contributed by atoms with Crippen molar-refractivity contribution in [2.75, 3.05) is 20.6 Å². The number of benzene rings is 1. The Balaban J connectivity index is 2.03. The largest absolute Gasteiger partial charge is 0.444 e. The zero-order chi connectivity index (χ0) is 19.1. The van der Waals surface area contributed by atoms with Gasteiger partial charge in [-0.3, -0.25) is 0 Å². The van der Waals surface area contributed by atoms with E-state index in [9.17, 15) is 4.39 Å². The maximum Gasteiger partial charge on any atom is 0.214 e. The third kappa shape index (κ3) is 5.84. The highest BCUT2D eigenvalue weighted by Crippen LogP contribution is 2.13. The fourth-order valence-electron chi connectivity index (χ4n) is 2.47. The van der Waals surface area contributed by atoms with Crippen LogP contribution in [0, 0.1) is 19.7 Å². The average molecular weight is 361 g/mol. The molecule has 0 saturated carbocycles. The topological polar surface area (TPSA) is 65.7 Å². The number of aromatic nitrogens is 1. The molecule has 0 aliphatic carbocycles. The van der Waals surface area contributed by atoms with Crippen LogP contribution in [0.25, 0.3) is 0 Å². The number of hydrogen-bond donors (Lipinski definition) is 2. The molecule has 0 amide bonds. The van der Waals surface area contributed by atoms with Gasteiger partial charge in [0.1, 0.15) is 11.6 Å². The second kappa shape index (κ2) is 9.33. The first-order valence-electron chi connectivity index (χ1n) is 8.76. The minimum Gasteiger partial charge on any atom is -0.444 e. The third-order valence-electron chi connectivity index (χ3n) is 3.84. The van der Waals surface area contributed by atoms with Crippen LogP contribution in [-0.4, -0.2) is 36.5 Å². The van der Waals surface area contributed by atoms with Gasteiger partial charge in [-0.1, -0.05) is 6.07 Å². The van der Waals surface area contributed by atoms with Crippen molar-refractivity contribution in [3.8, 4) is 0 Å². The highest BCUT2D eigenvalue weighted by molar-refractivity contribution is 5.79. The smallest absolute Gasteiger partial charge is 0.214 e. The fourth-order valence-corrected chi connectivity index (χ4v) is 2.47. The van der Waals surface area contributed by atoms with Crippen molar-refractivity contribution in [2.24, 2.45) is 4.99 Å². The lowest BCUT2D eigenvalue weighted by atomic mass is 10.1. The van der Waals surface area contributed by atoms with E-state index in [2.05, 4.69) is 20.6 Å². The first-order chi connectivity index (χ1) is 12.4. The predicted molar refractivity (Wildman–Crippen MR) is 101 cm³/mol. The second-order valence-corrected chi connectivity index (χ2v) is 6.46. The summed E-state index contributed by atoms with van der Waals surface area (Å²) in [6.45, 7) is 8.03. The van der Waals surface area contributed by atoms with Crippen LogP contribution in [0.5, 0.6) is 0 Å². The molecule has 142 valence electrons. The van der Waals surface area contributed by atoms with Crippen molar-refractivity contribution in [2.45, 2.75) is 40.4 Å². The first kappa shape index (κ1) is 19.9. The number of aliphatic imine (C=N–C) groups is 1. The number of nitrogens with zero attached hydrogens (tertiary/aromatic N) is 3. The molecule has 2 rings (SSSR count). The van der Waals surface area contributed by atoms with Crippen molar-refractivity contribution in [1.82, 2.24) is 20.5 Å². The summed E-state index contributed by atoms with van der Waals surface area (Å²) in [5.74, 6) is 1.93. The Labute approximate surface area is 154 Å². The van der Waals surface area contributed by atoms with Gasteiger partial charge < -0.3 is 20.0 Å². The number of hydrogen-bond acceptors (Lipinski definition) is 4. The van der Waals surface area contributed by atoms with Crippen molar-refractivity contribution >= 4 is 5.96 Å². The maximum absolute atomic E-state index is 13.9. The van der Waals surface area contributed by atoms with E-state index in [1.807, 2.05) is 45.8 Å². The summed E-state index contributed by atoms with van der Waals surface area (Å²) in [4.78, 5) is 10.9. The Morgan fingerprint density at radius 1 is 1.27 bits per heavy atom. The van der Waals surface area contributed by atoms with E-state index in [1.165, 1.54) is 6.07 Å². The Morgan fingerprint density at radius 2 is 2.04 bits per heavy atom. The molecule has 1 aromatic heterocycles. The summed E-state index contributed by atoms with van der Waals surface area (Å²) in [5.41, 5.74) is 2.53. The van der Waals surface area contributed by atoms with Gasteiger partial charge in [0.2, 0.25) is 5.89 Å². The van der Waals surface area contributed by atoms with Crippen molar-refractivity contribution in [1.29, 1.82) is 0 Å². The number of rotatable bonds is 7. The summed E-state index contributed by atoms with van der Waals surface area (Å²) in [6.07, 6.45) is 0. The molecule has 0 spiro atoms. The molecule has 0 saturated heterocycles. The van der Waals surface area contributed by atoms with Gasteiger partial charge in [-0.2, -0.15) is 0 Å². The molecule has 0 radical (unpaired) electrons. The molecule has 0 atom stereocenters. The number of aryl methyl sites for hydroxylation is 2. The number of halogens is 1. The molecule has 26 heavy (non-hydrogen) atoms. The average Bonchev–Trinajstić information content (AvgIpc) is 2.90. The Morgan fingerprint density at radius 3 is 2.65 bits per heavy atom. The molecule has 0 aliphatic heterocycles. The van der Waals surface area contributed by atoms with Gasteiger partial charge >= 0.3 is 0 Å². The van der Waals surface area contributed by atoms with E-state index in [-0.39, 0.29) is 5.82 Å². The van der Waals surface area contributed by atoms with Gasteiger partial charge in [0.25, 0.3) is 0 Å². The number of guanidine groups is 1. The SMILES string of the molecule is CCNC(=NCc1ccc(F)c(CN(C)C)c1)NCc1nc(C)c(C)o1. The van der Waals surface area contributed by atoms with Gasteiger partial charge in [-0.15, -0.1) is 0 Å². The molecular weight excluding hydrogens is 333 g/mol. The Bertz CT molecular complexity index is 735. The molecule has 2 N–H and O–H groups in total. The molecule has 2 aromatic rings. The van der Waals surface area contributed by atoms with Gasteiger partial charge in [-0.25, -0.2) is 14.4 Å². The van der Waals surface area contributed by atoms with Crippen molar-refractivity contribution in [3.05, 3.63) is 52.5 Å². The van der Waals surface area contributed by atoms with Crippen molar-refractivity contribution < 1.29 is 8.81 Å². The number of nitrogens with one attached hydrogen (secondary N) is 2. The van der Waals surface area contributed by atoms with E-state index in [0.717, 1.165) is 23.6 Å². The van der Waals surface area contributed by atoms with Crippen LogP contribution in [0.1, 0.15) is 35.4 Å². The molecular formula is C19H28FN5O. The lowest BCUT2D eigenvalue weighted by Gasteiger charge is -2.12. The van der Waals surface area contributed by atoms with Crippen LogP contribution in [0.4, 0.5) is 4.39 Å². The lowest BCUT2D eigenvalue weighted by molar-refractivity contribution is 0.392. The summed E-state index contributed by atoms with van der Waals surface area (Å²) < 4.78 is 19.5. The summed E-state index contributed by atoms with van der Waals surface area (Å²) in [5, 5.41) is 6.40.